The van der Waals surface area contributed by atoms with E-state index in [9.17, 15) is 13.2 Å². The molecular formula is C24H28F3N5O. The van der Waals surface area contributed by atoms with Crippen molar-refractivity contribution in [3.05, 3.63) is 52.8 Å². The predicted molar refractivity (Wildman–Crippen MR) is 117 cm³/mol. The lowest BCUT2D eigenvalue weighted by molar-refractivity contribution is -0.137. The Balaban J connectivity index is 1.13. The van der Waals surface area contributed by atoms with E-state index in [-0.39, 0.29) is 5.41 Å². The number of fused-ring (bicyclic) bond motifs is 1. The molecule has 2 fully saturated rings. The number of oxazole rings is 1. The van der Waals surface area contributed by atoms with Crippen LogP contribution in [0.1, 0.15) is 47.8 Å². The third-order valence-electron chi connectivity index (χ3n) is 7.20. The summed E-state index contributed by atoms with van der Waals surface area (Å²) >= 11 is 0. The maximum absolute atomic E-state index is 12.9. The second-order valence-electron chi connectivity index (χ2n) is 9.47. The second kappa shape index (κ2) is 7.97. The monoisotopic (exact) mass is 459 g/mol. The van der Waals surface area contributed by atoms with Gasteiger partial charge in [0, 0.05) is 38.9 Å². The quantitative estimate of drug-likeness (QED) is 0.479. The summed E-state index contributed by atoms with van der Waals surface area (Å²) in [6.45, 7) is 6.67. The molecule has 3 aromatic rings. The molecule has 176 valence electrons. The molecule has 1 saturated heterocycles. The van der Waals surface area contributed by atoms with Crippen LogP contribution in [0, 0.1) is 19.8 Å². The van der Waals surface area contributed by atoms with Crippen molar-refractivity contribution in [2.24, 2.45) is 13.0 Å². The van der Waals surface area contributed by atoms with E-state index in [1.807, 2.05) is 25.5 Å². The fourth-order valence-electron chi connectivity index (χ4n) is 5.33. The van der Waals surface area contributed by atoms with Gasteiger partial charge in [0.2, 0.25) is 5.82 Å². The molecule has 1 unspecified atom stereocenters. The SMILES string of the molecule is Cc1nc(C)c(-c2nnc(CCCCN3C[C@@H]4CC4(c4ccc(C(F)(F)F)cc4)C3)n2C)o1. The summed E-state index contributed by atoms with van der Waals surface area (Å²) in [6, 6.07) is 5.79. The van der Waals surface area contributed by atoms with Gasteiger partial charge in [0.1, 0.15) is 5.82 Å². The minimum Gasteiger partial charge on any atom is -0.437 e. The Labute approximate surface area is 190 Å². The van der Waals surface area contributed by atoms with Gasteiger partial charge in [0.05, 0.1) is 11.3 Å². The van der Waals surface area contributed by atoms with Gasteiger partial charge in [-0.3, -0.25) is 0 Å². The highest BCUT2D eigenvalue weighted by Gasteiger charge is 2.60. The van der Waals surface area contributed by atoms with Crippen molar-refractivity contribution in [1.82, 2.24) is 24.6 Å². The van der Waals surface area contributed by atoms with Crippen molar-refractivity contribution in [1.29, 1.82) is 0 Å². The Morgan fingerprint density at radius 3 is 2.55 bits per heavy atom. The summed E-state index contributed by atoms with van der Waals surface area (Å²) in [6.07, 6.45) is -0.335. The Morgan fingerprint density at radius 2 is 1.88 bits per heavy atom. The molecule has 33 heavy (non-hydrogen) atoms. The normalized spacial score (nSPS) is 22.7. The van der Waals surface area contributed by atoms with Crippen molar-refractivity contribution in [2.45, 2.75) is 51.1 Å². The molecule has 1 aliphatic heterocycles. The molecule has 5 rings (SSSR count). The highest BCUT2D eigenvalue weighted by molar-refractivity contribution is 5.50. The number of rotatable bonds is 7. The van der Waals surface area contributed by atoms with Crippen LogP contribution < -0.4 is 0 Å². The number of hydrogen-bond donors (Lipinski definition) is 0. The maximum atomic E-state index is 12.9. The van der Waals surface area contributed by atoms with Gasteiger partial charge in [-0.15, -0.1) is 10.2 Å². The Morgan fingerprint density at radius 1 is 1.12 bits per heavy atom. The Bertz CT molecular complexity index is 1150. The maximum Gasteiger partial charge on any atom is 0.416 e. The number of benzene rings is 1. The third-order valence-corrected chi connectivity index (χ3v) is 7.20. The number of piperidine rings is 1. The Kier molecular flexibility index (Phi) is 5.34. The number of unbranched alkanes of at least 4 members (excludes halogenated alkanes) is 1. The molecule has 0 amide bonds. The highest BCUT2D eigenvalue weighted by Crippen LogP contribution is 2.59. The molecule has 1 saturated carbocycles. The minimum atomic E-state index is -4.28. The summed E-state index contributed by atoms with van der Waals surface area (Å²) in [5.41, 5.74) is 1.34. The summed E-state index contributed by atoms with van der Waals surface area (Å²) < 4.78 is 46.2. The molecule has 2 atom stereocenters. The van der Waals surface area contributed by atoms with E-state index in [1.165, 1.54) is 12.1 Å². The summed E-state index contributed by atoms with van der Waals surface area (Å²) in [7, 11) is 1.95. The lowest BCUT2D eigenvalue weighted by atomic mass is 9.94. The van der Waals surface area contributed by atoms with Gasteiger partial charge in [-0.1, -0.05) is 12.1 Å². The van der Waals surface area contributed by atoms with Gasteiger partial charge in [-0.2, -0.15) is 13.2 Å². The van der Waals surface area contributed by atoms with E-state index in [1.54, 1.807) is 12.1 Å². The van der Waals surface area contributed by atoms with Crippen LogP contribution in [-0.2, 0) is 25.1 Å². The zero-order valence-corrected chi connectivity index (χ0v) is 19.1. The molecule has 0 bridgehead atoms. The number of nitrogens with zero attached hydrogens (tertiary/aromatic N) is 5. The lowest BCUT2D eigenvalue weighted by Crippen LogP contribution is -2.27. The van der Waals surface area contributed by atoms with E-state index in [0.29, 0.717) is 23.4 Å². The highest BCUT2D eigenvalue weighted by atomic mass is 19.4. The van der Waals surface area contributed by atoms with Crippen molar-refractivity contribution < 1.29 is 17.6 Å². The molecular weight excluding hydrogens is 431 g/mol. The molecule has 9 heteroatoms. The van der Waals surface area contributed by atoms with Crippen LogP contribution in [-0.4, -0.2) is 44.3 Å². The zero-order valence-electron chi connectivity index (χ0n) is 19.1. The van der Waals surface area contributed by atoms with Gasteiger partial charge < -0.3 is 13.9 Å². The average Bonchev–Trinajstić information content (AvgIpc) is 3.00. The smallest absolute Gasteiger partial charge is 0.416 e. The van der Waals surface area contributed by atoms with Crippen LogP contribution in [0.2, 0.25) is 0 Å². The van der Waals surface area contributed by atoms with Crippen LogP contribution >= 0.6 is 0 Å². The molecule has 2 aliphatic rings. The van der Waals surface area contributed by atoms with Crippen molar-refractivity contribution in [3.8, 4) is 11.6 Å². The van der Waals surface area contributed by atoms with E-state index in [0.717, 1.165) is 62.4 Å². The molecule has 1 aromatic carbocycles. The lowest BCUT2D eigenvalue weighted by Gasteiger charge is -2.21. The molecule has 0 spiro atoms. The molecule has 2 aromatic heterocycles. The number of aryl methyl sites for hydroxylation is 3. The van der Waals surface area contributed by atoms with Crippen LogP contribution in [0.25, 0.3) is 11.6 Å². The van der Waals surface area contributed by atoms with E-state index < -0.39 is 11.7 Å². The standard InChI is InChI=1S/C24H28F3N5O/c1-15-21(33-16(2)28-15)22-30-29-20(31(22)3)6-4-5-11-32-13-19-12-23(19,14-32)17-7-9-18(10-8-17)24(25,26)27/h7-10,19H,4-6,11-14H2,1-3H3/t19-,23?/m0/s1. The van der Waals surface area contributed by atoms with Crippen LogP contribution in [0.5, 0.6) is 0 Å². The first-order valence-electron chi connectivity index (χ1n) is 11.4. The van der Waals surface area contributed by atoms with E-state index in [2.05, 4.69) is 20.1 Å². The fraction of sp³-hybridized carbons (Fsp3) is 0.542. The molecule has 3 heterocycles. The topological polar surface area (TPSA) is 60.0 Å². The zero-order chi connectivity index (χ0) is 23.4. The first-order valence-corrected chi connectivity index (χ1v) is 11.4. The summed E-state index contributed by atoms with van der Waals surface area (Å²) in [5, 5.41) is 8.63. The van der Waals surface area contributed by atoms with Gasteiger partial charge in [-0.25, -0.2) is 4.98 Å². The predicted octanol–water partition coefficient (Wildman–Crippen LogP) is 4.70. The molecule has 0 radical (unpaired) electrons. The number of aromatic nitrogens is 4. The van der Waals surface area contributed by atoms with Crippen LogP contribution in [0.3, 0.4) is 0 Å². The number of hydrogen-bond acceptors (Lipinski definition) is 5. The van der Waals surface area contributed by atoms with Gasteiger partial charge in [0.15, 0.2) is 11.7 Å². The van der Waals surface area contributed by atoms with Gasteiger partial charge in [0.25, 0.3) is 0 Å². The number of likely N-dealkylation sites (tertiary alicyclic amines) is 1. The molecule has 1 aliphatic carbocycles. The molecule has 6 nitrogen and oxygen atoms in total. The van der Waals surface area contributed by atoms with E-state index in [4.69, 9.17) is 4.42 Å². The Hall–Kier alpha value is -2.68. The molecule has 0 N–H and O–H groups in total. The number of halogens is 3. The van der Waals surface area contributed by atoms with Crippen molar-refractivity contribution in [3.63, 3.8) is 0 Å². The van der Waals surface area contributed by atoms with Gasteiger partial charge in [-0.05, 0) is 56.3 Å². The van der Waals surface area contributed by atoms with Gasteiger partial charge >= 0.3 is 6.18 Å². The van der Waals surface area contributed by atoms with Crippen LogP contribution in [0.15, 0.2) is 28.7 Å². The van der Waals surface area contributed by atoms with Crippen molar-refractivity contribution >= 4 is 0 Å². The van der Waals surface area contributed by atoms with E-state index >= 15 is 0 Å². The fourth-order valence-corrected chi connectivity index (χ4v) is 5.33. The average molecular weight is 460 g/mol. The minimum absolute atomic E-state index is 0.0513. The first-order chi connectivity index (χ1) is 15.7. The largest absolute Gasteiger partial charge is 0.437 e. The summed E-state index contributed by atoms with van der Waals surface area (Å²) in [5.74, 6) is 3.46. The summed E-state index contributed by atoms with van der Waals surface area (Å²) in [4.78, 5) is 6.76. The second-order valence-corrected chi connectivity index (χ2v) is 9.47. The third kappa shape index (κ3) is 4.07. The van der Waals surface area contributed by atoms with Crippen molar-refractivity contribution in [2.75, 3.05) is 19.6 Å². The first kappa shape index (κ1) is 22.1. The number of alkyl halides is 3. The van der Waals surface area contributed by atoms with Crippen LogP contribution in [0.4, 0.5) is 13.2 Å².